The Bertz CT molecular complexity index is 610. The van der Waals surface area contributed by atoms with E-state index < -0.39 is 11.7 Å². The zero-order valence-corrected chi connectivity index (χ0v) is 10.3. The summed E-state index contributed by atoms with van der Waals surface area (Å²) in [5, 5.41) is 7.49. The van der Waals surface area contributed by atoms with Gasteiger partial charge in [0.1, 0.15) is 6.20 Å². The lowest BCUT2D eigenvalue weighted by molar-refractivity contribution is -0.137. The minimum absolute atomic E-state index is 0.326. The van der Waals surface area contributed by atoms with Gasteiger partial charge < -0.3 is 0 Å². The number of rotatable bonds is 3. The molecule has 4 nitrogen and oxygen atoms in total. The highest BCUT2D eigenvalue weighted by molar-refractivity contribution is 7.98. The summed E-state index contributed by atoms with van der Waals surface area (Å²) in [6, 6.07) is 4.83. The Morgan fingerprint density at radius 3 is 2.47 bits per heavy atom. The number of aromatic nitrogens is 3. The number of alkyl halides is 3. The van der Waals surface area contributed by atoms with Gasteiger partial charge in [-0.25, -0.2) is 0 Å². The van der Waals surface area contributed by atoms with Gasteiger partial charge in [-0.1, -0.05) is 23.9 Å². The molecule has 0 aliphatic carbocycles. The van der Waals surface area contributed by atoms with Gasteiger partial charge in [0.25, 0.3) is 5.56 Å². The van der Waals surface area contributed by atoms with Crippen LogP contribution in [0.3, 0.4) is 0 Å². The molecule has 0 aliphatic rings. The second-order valence-corrected chi connectivity index (χ2v) is 4.59. The van der Waals surface area contributed by atoms with Gasteiger partial charge in [0.05, 0.1) is 5.56 Å². The van der Waals surface area contributed by atoms with Crippen LogP contribution >= 0.6 is 11.8 Å². The molecule has 0 amide bonds. The maximum absolute atomic E-state index is 12.4. The monoisotopic (exact) mass is 287 g/mol. The van der Waals surface area contributed by atoms with Crippen LogP contribution in [0.2, 0.25) is 0 Å². The van der Waals surface area contributed by atoms with Gasteiger partial charge in [0.2, 0.25) is 0 Å². The van der Waals surface area contributed by atoms with Crippen LogP contribution in [-0.4, -0.2) is 15.2 Å². The number of benzene rings is 1. The first kappa shape index (κ1) is 13.6. The molecule has 0 atom stereocenters. The fourth-order valence-electron chi connectivity index (χ4n) is 1.30. The highest BCUT2D eigenvalue weighted by atomic mass is 32.2. The van der Waals surface area contributed by atoms with Crippen LogP contribution in [0.15, 0.2) is 40.4 Å². The second-order valence-electron chi connectivity index (χ2n) is 3.62. The van der Waals surface area contributed by atoms with E-state index in [1.54, 1.807) is 0 Å². The lowest BCUT2D eigenvalue weighted by atomic mass is 10.1. The van der Waals surface area contributed by atoms with Crippen molar-refractivity contribution in [3.63, 3.8) is 0 Å². The first-order valence-corrected chi connectivity index (χ1v) is 6.14. The van der Waals surface area contributed by atoms with Crippen molar-refractivity contribution in [3.05, 3.63) is 51.9 Å². The molecule has 2 aromatic rings. The van der Waals surface area contributed by atoms with Crippen LogP contribution in [0.4, 0.5) is 13.2 Å². The molecule has 2 rings (SSSR count). The Labute approximate surface area is 110 Å². The number of nitrogens with zero attached hydrogens (tertiary/aromatic N) is 2. The quantitative estimate of drug-likeness (QED) is 0.881. The zero-order valence-electron chi connectivity index (χ0n) is 9.44. The molecule has 1 heterocycles. The molecule has 0 fully saturated rings. The summed E-state index contributed by atoms with van der Waals surface area (Å²) in [6.45, 7) is 0. The zero-order chi connectivity index (χ0) is 13.9. The molecule has 100 valence electrons. The Morgan fingerprint density at radius 2 is 1.89 bits per heavy atom. The third kappa shape index (κ3) is 3.82. The Balaban J connectivity index is 2.03. The number of nitrogens with one attached hydrogen (secondary N) is 1. The van der Waals surface area contributed by atoms with E-state index in [2.05, 4.69) is 15.2 Å². The standard InChI is InChI=1S/C11H8F3N3OS/c12-11(13,14)8-3-1-7(2-4-8)6-19-10-16-9(18)5-15-17-10/h1-5H,6H2,(H,16,17,18). The van der Waals surface area contributed by atoms with Crippen LogP contribution in [0.5, 0.6) is 0 Å². The van der Waals surface area contributed by atoms with Gasteiger partial charge >= 0.3 is 6.18 Å². The van der Waals surface area contributed by atoms with Crippen molar-refractivity contribution in [2.45, 2.75) is 17.1 Å². The lowest BCUT2D eigenvalue weighted by Gasteiger charge is -2.07. The predicted molar refractivity (Wildman–Crippen MR) is 63.7 cm³/mol. The fourth-order valence-corrected chi connectivity index (χ4v) is 2.08. The summed E-state index contributed by atoms with van der Waals surface area (Å²) in [6.07, 6.45) is -3.29. The third-order valence-electron chi connectivity index (χ3n) is 2.21. The summed E-state index contributed by atoms with van der Waals surface area (Å²) in [5.74, 6) is 0.396. The molecule has 0 radical (unpaired) electrons. The van der Waals surface area contributed by atoms with Gasteiger partial charge in [0, 0.05) is 5.75 Å². The summed E-state index contributed by atoms with van der Waals surface area (Å²) >= 11 is 1.19. The number of aromatic amines is 1. The van der Waals surface area contributed by atoms with E-state index in [4.69, 9.17) is 0 Å². The Kier molecular flexibility index (Phi) is 3.89. The molecule has 19 heavy (non-hydrogen) atoms. The maximum Gasteiger partial charge on any atom is 0.416 e. The first-order valence-electron chi connectivity index (χ1n) is 5.16. The molecule has 0 spiro atoms. The summed E-state index contributed by atoms with van der Waals surface area (Å²) in [5.41, 5.74) is -0.358. The van der Waals surface area contributed by atoms with Crippen molar-refractivity contribution in [3.8, 4) is 0 Å². The largest absolute Gasteiger partial charge is 0.416 e. The number of hydrogen-bond donors (Lipinski definition) is 1. The molecule has 0 bridgehead atoms. The van der Waals surface area contributed by atoms with Crippen molar-refractivity contribution in [1.29, 1.82) is 0 Å². The van der Waals surface area contributed by atoms with Crippen LogP contribution in [0.25, 0.3) is 0 Å². The molecule has 1 N–H and O–H groups in total. The number of H-pyrrole nitrogens is 1. The topological polar surface area (TPSA) is 58.6 Å². The van der Waals surface area contributed by atoms with Crippen molar-refractivity contribution >= 4 is 11.8 Å². The van der Waals surface area contributed by atoms with Crippen LogP contribution < -0.4 is 5.56 Å². The number of hydrogen-bond acceptors (Lipinski definition) is 4. The predicted octanol–water partition coefficient (Wildman–Crippen LogP) is 2.48. The van der Waals surface area contributed by atoms with E-state index >= 15 is 0 Å². The molecule has 0 aliphatic heterocycles. The van der Waals surface area contributed by atoms with E-state index in [1.807, 2.05) is 0 Å². The Hall–Kier alpha value is -1.83. The number of thioether (sulfide) groups is 1. The van der Waals surface area contributed by atoms with E-state index in [0.29, 0.717) is 16.5 Å². The lowest BCUT2D eigenvalue weighted by Crippen LogP contribution is -2.08. The summed E-state index contributed by atoms with van der Waals surface area (Å²) in [7, 11) is 0. The molecule has 0 saturated heterocycles. The first-order chi connectivity index (χ1) is 8.95. The molecular formula is C11H8F3N3OS. The van der Waals surface area contributed by atoms with Crippen LogP contribution in [0, 0.1) is 0 Å². The van der Waals surface area contributed by atoms with E-state index in [1.165, 1.54) is 23.9 Å². The van der Waals surface area contributed by atoms with Gasteiger partial charge in [-0.2, -0.15) is 18.3 Å². The van der Waals surface area contributed by atoms with E-state index in [-0.39, 0.29) is 5.56 Å². The van der Waals surface area contributed by atoms with Gasteiger partial charge in [-0.05, 0) is 17.7 Å². The smallest absolute Gasteiger partial charge is 0.299 e. The number of halogens is 3. The van der Waals surface area contributed by atoms with E-state index in [9.17, 15) is 18.0 Å². The summed E-state index contributed by atoms with van der Waals surface area (Å²) < 4.78 is 37.1. The van der Waals surface area contributed by atoms with Gasteiger partial charge in [-0.15, -0.1) is 5.10 Å². The van der Waals surface area contributed by atoms with Gasteiger partial charge in [0.15, 0.2) is 5.16 Å². The average Bonchev–Trinajstić information content (AvgIpc) is 2.36. The van der Waals surface area contributed by atoms with Crippen molar-refractivity contribution in [2.24, 2.45) is 0 Å². The maximum atomic E-state index is 12.4. The molecule has 1 aromatic carbocycles. The third-order valence-corrected chi connectivity index (χ3v) is 3.15. The molecule has 0 saturated carbocycles. The Morgan fingerprint density at radius 1 is 1.21 bits per heavy atom. The molecular weight excluding hydrogens is 279 g/mol. The van der Waals surface area contributed by atoms with Crippen LogP contribution in [-0.2, 0) is 11.9 Å². The van der Waals surface area contributed by atoms with Gasteiger partial charge in [-0.3, -0.25) is 9.78 Å². The van der Waals surface area contributed by atoms with Crippen molar-refractivity contribution in [2.75, 3.05) is 0 Å². The van der Waals surface area contributed by atoms with E-state index in [0.717, 1.165) is 18.3 Å². The summed E-state index contributed by atoms with van der Waals surface area (Å²) in [4.78, 5) is 13.4. The minimum Gasteiger partial charge on any atom is -0.299 e. The molecule has 0 unspecified atom stereocenters. The SMILES string of the molecule is O=c1cnnc(SCc2ccc(C(F)(F)F)cc2)[nH]1. The van der Waals surface area contributed by atoms with Crippen LogP contribution in [0.1, 0.15) is 11.1 Å². The average molecular weight is 287 g/mol. The highest BCUT2D eigenvalue weighted by Gasteiger charge is 2.29. The van der Waals surface area contributed by atoms with Crippen molar-refractivity contribution < 1.29 is 13.2 Å². The minimum atomic E-state index is -4.33. The second kappa shape index (κ2) is 5.43. The van der Waals surface area contributed by atoms with Crippen molar-refractivity contribution in [1.82, 2.24) is 15.2 Å². The fraction of sp³-hybridized carbons (Fsp3) is 0.182. The molecule has 1 aromatic heterocycles. The highest BCUT2D eigenvalue weighted by Crippen LogP contribution is 2.29. The molecule has 8 heteroatoms. The normalized spacial score (nSPS) is 11.5.